The number of ether oxygens (including phenoxy) is 1. The smallest absolute Gasteiger partial charge is 0.339 e. The quantitative estimate of drug-likeness (QED) is 0.430. The molecule has 1 atom stereocenters. The van der Waals surface area contributed by atoms with Gasteiger partial charge in [0.1, 0.15) is 5.69 Å². The molecule has 1 aromatic carbocycles. The zero-order valence-corrected chi connectivity index (χ0v) is 16.1. The van der Waals surface area contributed by atoms with Gasteiger partial charge in [0.2, 0.25) is 0 Å². The minimum absolute atomic E-state index is 0.0430. The average Bonchev–Trinajstić information content (AvgIpc) is 3.13. The highest BCUT2D eigenvalue weighted by molar-refractivity contribution is 5.99. The minimum atomic E-state index is -1.24. The zero-order chi connectivity index (χ0) is 20.8. The predicted molar refractivity (Wildman–Crippen MR) is 101 cm³/mol. The second kappa shape index (κ2) is 9.16. The Labute approximate surface area is 162 Å². The summed E-state index contributed by atoms with van der Waals surface area (Å²) in [5.74, 6) is -1.67. The lowest BCUT2D eigenvalue weighted by Crippen LogP contribution is -2.47. The number of benzene rings is 1. The number of hydrogen-bond donors (Lipinski definition) is 2. The number of nitrogens with zero attached hydrogens (tertiary/aromatic N) is 2. The van der Waals surface area contributed by atoms with Gasteiger partial charge in [-0.25, -0.2) is 9.59 Å². The molecule has 152 valence electrons. The summed E-state index contributed by atoms with van der Waals surface area (Å²) in [5, 5.41) is 16.0. The number of nitrogens with one attached hydrogen (secondary N) is 2. The molecular formula is C18H24N4O6. The third kappa shape index (κ3) is 5.41. The van der Waals surface area contributed by atoms with E-state index in [0.717, 1.165) is 31.7 Å². The van der Waals surface area contributed by atoms with Crippen molar-refractivity contribution in [3.8, 4) is 0 Å². The lowest BCUT2D eigenvalue weighted by atomic mass is 10.1. The van der Waals surface area contributed by atoms with Crippen molar-refractivity contribution < 1.29 is 24.0 Å². The zero-order valence-electron chi connectivity index (χ0n) is 16.1. The van der Waals surface area contributed by atoms with Crippen LogP contribution in [0.3, 0.4) is 0 Å². The summed E-state index contributed by atoms with van der Waals surface area (Å²) in [6, 6.07) is 3.30. The molecule has 10 nitrogen and oxygen atoms in total. The van der Waals surface area contributed by atoms with E-state index in [4.69, 9.17) is 4.74 Å². The van der Waals surface area contributed by atoms with Crippen LogP contribution < -0.4 is 15.5 Å². The Kier molecular flexibility index (Phi) is 6.91. The number of carbonyl (C=O) groups is 3. The van der Waals surface area contributed by atoms with E-state index in [1.807, 2.05) is 0 Å². The summed E-state index contributed by atoms with van der Waals surface area (Å²) in [6.45, 7) is 1.32. The van der Waals surface area contributed by atoms with E-state index in [0.29, 0.717) is 5.69 Å². The van der Waals surface area contributed by atoms with E-state index in [1.54, 1.807) is 19.0 Å². The molecule has 0 radical (unpaired) electrons. The summed E-state index contributed by atoms with van der Waals surface area (Å²) < 4.78 is 5.04. The number of nitro benzene ring substituents is 1. The van der Waals surface area contributed by atoms with Crippen LogP contribution in [-0.2, 0) is 9.53 Å². The van der Waals surface area contributed by atoms with Crippen LogP contribution in [0.15, 0.2) is 18.2 Å². The maximum Gasteiger partial charge on any atom is 0.339 e. The number of anilines is 1. The van der Waals surface area contributed by atoms with Crippen LogP contribution in [0.4, 0.5) is 16.2 Å². The summed E-state index contributed by atoms with van der Waals surface area (Å²) in [7, 11) is 3.28. The fourth-order valence-corrected chi connectivity index (χ4v) is 2.96. The molecule has 2 rings (SSSR count). The second-order valence-electron chi connectivity index (χ2n) is 6.85. The Bertz CT molecular complexity index is 773. The molecule has 1 fully saturated rings. The van der Waals surface area contributed by atoms with E-state index in [2.05, 4.69) is 10.6 Å². The van der Waals surface area contributed by atoms with E-state index in [-0.39, 0.29) is 17.3 Å². The molecule has 3 amide bonds. The van der Waals surface area contributed by atoms with Crippen molar-refractivity contribution in [1.82, 2.24) is 10.6 Å². The fraction of sp³-hybridized carbons (Fsp3) is 0.500. The Morgan fingerprint density at radius 1 is 1.25 bits per heavy atom. The van der Waals surface area contributed by atoms with Gasteiger partial charge in [-0.2, -0.15) is 0 Å². The van der Waals surface area contributed by atoms with Crippen molar-refractivity contribution in [2.45, 2.75) is 44.8 Å². The summed E-state index contributed by atoms with van der Waals surface area (Å²) >= 11 is 0. The number of amides is 3. The number of hydrogen-bond acceptors (Lipinski definition) is 7. The summed E-state index contributed by atoms with van der Waals surface area (Å²) in [5.41, 5.74) is 0.00998. The largest absolute Gasteiger partial charge is 0.449 e. The van der Waals surface area contributed by atoms with Gasteiger partial charge in [0, 0.05) is 26.2 Å². The Balaban J connectivity index is 1.97. The SMILES string of the molecule is C[C@H](OC(=O)c1ccc(N(C)C)c([N+](=O)[O-])c1)C(=O)NC(=O)NC1CCCC1. The standard InChI is InChI=1S/C18H24N4O6/c1-11(16(23)20-18(25)19-13-6-4-5-7-13)28-17(24)12-8-9-14(21(2)3)15(10-12)22(26)27/h8-11,13H,4-7H2,1-3H3,(H2,19,20,23,25)/t11-/m0/s1. The fourth-order valence-electron chi connectivity index (χ4n) is 2.96. The number of nitro groups is 1. The molecule has 1 aliphatic carbocycles. The number of carbonyl (C=O) groups excluding carboxylic acids is 3. The molecule has 1 aliphatic rings. The highest BCUT2D eigenvalue weighted by Gasteiger charge is 2.25. The Hall–Kier alpha value is -3.17. The van der Waals surface area contributed by atoms with Gasteiger partial charge in [0.05, 0.1) is 10.5 Å². The van der Waals surface area contributed by atoms with Gasteiger partial charge in [-0.1, -0.05) is 12.8 Å². The van der Waals surface area contributed by atoms with Crippen molar-refractivity contribution >= 4 is 29.3 Å². The molecule has 0 heterocycles. The van der Waals surface area contributed by atoms with Crippen LogP contribution >= 0.6 is 0 Å². The predicted octanol–water partition coefficient (Wildman–Crippen LogP) is 1.97. The number of rotatable bonds is 6. The van der Waals surface area contributed by atoms with Gasteiger partial charge >= 0.3 is 12.0 Å². The van der Waals surface area contributed by atoms with Gasteiger partial charge in [-0.3, -0.25) is 20.2 Å². The van der Waals surface area contributed by atoms with Crippen molar-refractivity contribution in [1.29, 1.82) is 0 Å². The molecular weight excluding hydrogens is 368 g/mol. The average molecular weight is 392 g/mol. The molecule has 1 saturated carbocycles. The van der Waals surface area contributed by atoms with Gasteiger partial charge in [0.15, 0.2) is 6.10 Å². The molecule has 0 bridgehead atoms. The minimum Gasteiger partial charge on any atom is -0.449 e. The maximum atomic E-state index is 12.2. The molecule has 2 N–H and O–H groups in total. The third-order valence-electron chi connectivity index (χ3n) is 4.47. The normalized spacial score (nSPS) is 14.8. The molecule has 0 unspecified atom stereocenters. The third-order valence-corrected chi connectivity index (χ3v) is 4.47. The van der Waals surface area contributed by atoms with Crippen LogP contribution in [0.2, 0.25) is 0 Å². The molecule has 0 aliphatic heterocycles. The van der Waals surface area contributed by atoms with E-state index < -0.39 is 28.9 Å². The van der Waals surface area contributed by atoms with Crippen LogP contribution in [-0.4, -0.2) is 49.1 Å². The highest BCUT2D eigenvalue weighted by atomic mass is 16.6. The number of urea groups is 1. The van der Waals surface area contributed by atoms with Crippen molar-refractivity contribution in [3.05, 3.63) is 33.9 Å². The lowest BCUT2D eigenvalue weighted by molar-refractivity contribution is -0.384. The molecule has 0 spiro atoms. The number of imide groups is 1. The van der Waals surface area contributed by atoms with E-state index in [9.17, 15) is 24.5 Å². The first-order valence-electron chi connectivity index (χ1n) is 8.97. The maximum absolute atomic E-state index is 12.2. The van der Waals surface area contributed by atoms with Gasteiger partial charge < -0.3 is 15.0 Å². The van der Waals surface area contributed by atoms with Crippen LogP contribution in [0.1, 0.15) is 43.0 Å². The topological polar surface area (TPSA) is 131 Å². The van der Waals surface area contributed by atoms with E-state index >= 15 is 0 Å². The highest BCUT2D eigenvalue weighted by Crippen LogP contribution is 2.28. The number of esters is 1. The first-order valence-corrected chi connectivity index (χ1v) is 8.97. The first kappa shape index (κ1) is 21.1. The molecule has 0 aromatic heterocycles. The van der Waals surface area contributed by atoms with Crippen molar-refractivity contribution in [2.24, 2.45) is 0 Å². The van der Waals surface area contributed by atoms with Crippen molar-refractivity contribution in [2.75, 3.05) is 19.0 Å². The molecule has 28 heavy (non-hydrogen) atoms. The second-order valence-corrected chi connectivity index (χ2v) is 6.85. The van der Waals surface area contributed by atoms with Gasteiger partial charge in [-0.05, 0) is 31.9 Å². The lowest BCUT2D eigenvalue weighted by Gasteiger charge is -2.16. The van der Waals surface area contributed by atoms with E-state index in [1.165, 1.54) is 19.1 Å². The Morgan fingerprint density at radius 2 is 1.89 bits per heavy atom. The van der Waals surface area contributed by atoms with Crippen LogP contribution in [0.5, 0.6) is 0 Å². The monoisotopic (exact) mass is 392 g/mol. The van der Waals surface area contributed by atoms with Crippen LogP contribution in [0.25, 0.3) is 0 Å². The molecule has 10 heteroatoms. The molecule has 1 aromatic rings. The Morgan fingerprint density at radius 3 is 2.46 bits per heavy atom. The van der Waals surface area contributed by atoms with Gasteiger partial charge in [0.25, 0.3) is 11.6 Å². The summed E-state index contributed by atoms with van der Waals surface area (Å²) in [6.07, 6.45) is 2.56. The molecule has 0 saturated heterocycles. The summed E-state index contributed by atoms with van der Waals surface area (Å²) in [4.78, 5) is 48.3. The van der Waals surface area contributed by atoms with Crippen LogP contribution in [0, 0.1) is 10.1 Å². The van der Waals surface area contributed by atoms with Gasteiger partial charge in [-0.15, -0.1) is 0 Å². The van der Waals surface area contributed by atoms with Crippen molar-refractivity contribution in [3.63, 3.8) is 0 Å². The first-order chi connectivity index (χ1) is 13.2.